The van der Waals surface area contributed by atoms with Crippen molar-refractivity contribution in [2.45, 2.75) is 52.2 Å². The molecule has 8 nitrogen and oxygen atoms in total. The molecular formula is C25H34ClN3O5S. The molecule has 0 aromatic heterocycles. The van der Waals surface area contributed by atoms with Crippen LogP contribution in [0.15, 0.2) is 48.5 Å². The molecule has 2 aromatic carbocycles. The van der Waals surface area contributed by atoms with Gasteiger partial charge < -0.3 is 15.0 Å². The second-order valence-corrected chi connectivity index (χ2v) is 10.7. The van der Waals surface area contributed by atoms with Gasteiger partial charge in [-0.3, -0.25) is 13.9 Å². The molecule has 2 amide bonds. The van der Waals surface area contributed by atoms with Crippen LogP contribution in [0.2, 0.25) is 5.02 Å². The highest BCUT2D eigenvalue weighted by molar-refractivity contribution is 7.92. The third-order valence-electron chi connectivity index (χ3n) is 5.67. The first kappa shape index (κ1) is 28.5. The molecule has 0 radical (unpaired) electrons. The van der Waals surface area contributed by atoms with Gasteiger partial charge in [-0.1, -0.05) is 55.8 Å². The summed E-state index contributed by atoms with van der Waals surface area (Å²) in [6.45, 7) is 5.30. The molecular weight excluding hydrogens is 490 g/mol. The molecule has 0 unspecified atom stereocenters. The molecule has 0 spiro atoms. The summed E-state index contributed by atoms with van der Waals surface area (Å²) < 4.78 is 31.8. The summed E-state index contributed by atoms with van der Waals surface area (Å²) in [5.41, 5.74) is 0.967. The molecule has 2 rings (SSSR count). The number of nitrogens with one attached hydrogen (secondary N) is 1. The lowest BCUT2D eigenvalue weighted by atomic mass is 10.1. The summed E-state index contributed by atoms with van der Waals surface area (Å²) in [6, 6.07) is 13.0. The van der Waals surface area contributed by atoms with Crippen molar-refractivity contribution in [3.8, 4) is 5.75 Å². The smallest absolute Gasteiger partial charge is 0.244 e. The first-order valence-electron chi connectivity index (χ1n) is 11.5. The van der Waals surface area contributed by atoms with Crippen molar-refractivity contribution in [3.63, 3.8) is 0 Å². The Morgan fingerprint density at radius 2 is 1.74 bits per heavy atom. The van der Waals surface area contributed by atoms with Crippen molar-refractivity contribution >= 4 is 39.1 Å². The number of benzene rings is 2. The van der Waals surface area contributed by atoms with Gasteiger partial charge in [-0.05, 0) is 43.5 Å². The van der Waals surface area contributed by atoms with Crippen molar-refractivity contribution < 1.29 is 22.7 Å². The number of ether oxygens (including phenoxy) is 1. The molecule has 0 saturated heterocycles. The first-order valence-corrected chi connectivity index (χ1v) is 13.7. The zero-order valence-corrected chi connectivity index (χ0v) is 22.4. The van der Waals surface area contributed by atoms with Gasteiger partial charge in [-0.15, -0.1) is 0 Å². The largest absolute Gasteiger partial charge is 0.495 e. The normalized spacial score (nSPS) is 13.0. The Kier molecular flexibility index (Phi) is 10.4. The van der Waals surface area contributed by atoms with Crippen LogP contribution in [0, 0.1) is 0 Å². The predicted octanol–water partition coefficient (Wildman–Crippen LogP) is 3.84. The second-order valence-electron chi connectivity index (χ2n) is 8.33. The average Bonchev–Trinajstić information content (AvgIpc) is 2.82. The van der Waals surface area contributed by atoms with Crippen LogP contribution in [-0.2, 0) is 26.2 Å². The summed E-state index contributed by atoms with van der Waals surface area (Å²) in [5.74, 6) is -0.548. The summed E-state index contributed by atoms with van der Waals surface area (Å²) in [7, 11) is -2.49. The molecule has 192 valence electrons. The highest BCUT2D eigenvalue weighted by Gasteiger charge is 2.33. The number of nitrogens with zero attached hydrogens (tertiary/aromatic N) is 2. The van der Waals surface area contributed by atoms with Crippen molar-refractivity contribution in [1.29, 1.82) is 0 Å². The van der Waals surface area contributed by atoms with Crippen molar-refractivity contribution in [1.82, 2.24) is 10.2 Å². The van der Waals surface area contributed by atoms with Gasteiger partial charge in [0.15, 0.2) is 0 Å². The number of carbonyl (C=O) groups excluding carboxylic acids is 2. The van der Waals surface area contributed by atoms with E-state index in [4.69, 9.17) is 16.3 Å². The summed E-state index contributed by atoms with van der Waals surface area (Å²) >= 11 is 6.13. The number of sulfonamides is 1. The van der Waals surface area contributed by atoms with Crippen LogP contribution in [0.4, 0.5) is 5.69 Å². The molecule has 0 bridgehead atoms. The summed E-state index contributed by atoms with van der Waals surface area (Å²) in [6.07, 6.45) is 2.11. The zero-order chi connectivity index (χ0) is 26.2. The van der Waals surface area contributed by atoms with Crippen LogP contribution in [0.25, 0.3) is 0 Å². The molecule has 2 atom stereocenters. The number of amides is 2. The van der Waals surface area contributed by atoms with Gasteiger partial charge in [-0.25, -0.2) is 8.42 Å². The predicted molar refractivity (Wildman–Crippen MR) is 139 cm³/mol. The van der Waals surface area contributed by atoms with E-state index >= 15 is 0 Å². The van der Waals surface area contributed by atoms with E-state index in [0.29, 0.717) is 11.4 Å². The Morgan fingerprint density at radius 1 is 1.09 bits per heavy atom. The average molecular weight is 524 g/mol. The van der Waals surface area contributed by atoms with E-state index in [1.165, 1.54) is 24.1 Å². The van der Waals surface area contributed by atoms with E-state index in [1.54, 1.807) is 6.07 Å². The van der Waals surface area contributed by atoms with Gasteiger partial charge in [0, 0.05) is 17.6 Å². The fourth-order valence-electron chi connectivity index (χ4n) is 3.59. The van der Waals surface area contributed by atoms with Crippen LogP contribution >= 0.6 is 11.6 Å². The molecule has 0 saturated carbocycles. The maximum atomic E-state index is 13.7. The van der Waals surface area contributed by atoms with E-state index in [1.807, 2.05) is 51.1 Å². The lowest BCUT2D eigenvalue weighted by molar-refractivity contribution is -0.140. The minimum absolute atomic E-state index is 0.0616. The third-order valence-corrected chi connectivity index (χ3v) is 7.03. The quantitative estimate of drug-likeness (QED) is 0.456. The topological polar surface area (TPSA) is 96.0 Å². The molecule has 0 aliphatic carbocycles. The van der Waals surface area contributed by atoms with Crippen LogP contribution < -0.4 is 14.4 Å². The number of hydrogen-bond acceptors (Lipinski definition) is 5. The number of hydrogen-bond donors (Lipinski definition) is 1. The summed E-state index contributed by atoms with van der Waals surface area (Å²) in [4.78, 5) is 28.2. The van der Waals surface area contributed by atoms with Gasteiger partial charge in [0.05, 0.1) is 19.1 Å². The molecule has 0 fully saturated rings. The number of methoxy groups -OCH3 is 1. The van der Waals surface area contributed by atoms with E-state index in [9.17, 15) is 18.0 Å². The van der Waals surface area contributed by atoms with Gasteiger partial charge in [-0.2, -0.15) is 0 Å². The molecule has 1 N–H and O–H groups in total. The van der Waals surface area contributed by atoms with Crippen LogP contribution in [0.1, 0.15) is 39.2 Å². The van der Waals surface area contributed by atoms with Crippen LogP contribution in [-0.4, -0.2) is 57.1 Å². The van der Waals surface area contributed by atoms with Gasteiger partial charge >= 0.3 is 0 Å². The molecule has 10 heteroatoms. The Hall–Kier alpha value is -2.78. The monoisotopic (exact) mass is 523 g/mol. The molecule has 2 aromatic rings. The van der Waals surface area contributed by atoms with E-state index in [0.717, 1.165) is 22.5 Å². The Morgan fingerprint density at radius 3 is 2.29 bits per heavy atom. The van der Waals surface area contributed by atoms with E-state index < -0.39 is 28.5 Å². The number of halogens is 1. The first-order chi connectivity index (χ1) is 16.5. The van der Waals surface area contributed by atoms with Crippen molar-refractivity contribution in [2.24, 2.45) is 0 Å². The number of rotatable bonds is 12. The fourth-order valence-corrected chi connectivity index (χ4v) is 4.60. The molecule has 0 aliphatic rings. The number of carbonyl (C=O) groups is 2. The summed E-state index contributed by atoms with van der Waals surface area (Å²) in [5, 5.41) is 3.23. The molecule has 0 aliphatic heterocycles. The minimum Gasteiger partial charge on any atom is -0.495 e. The Bertz CT molecular complexity index is 1110. The van der Waals surface area contributed by atoms with Crippen molar-refractivity contribution in [3.05, 3.63) is 59.1 Å². The highest BCUT2D eigenvalue weighted by Crippen LogP contribution is 2.33. The Labute approximate surface area is 213 Å². The number of anilines is 1. The van der Waals surface area contributed by atoms with E-state index in [-0.39, 0.29) is 29.9 Å². The van der Waals surface area contributed by atoms with Crippen LogP contribution in [0.3, 0.4) is 0 Å². The lowest BCUT2D eigenvalue weighted by Crippen LogP contribution is -2.53. The standard InChI is InChI=1S/C25H34ClN3O5S/c1-6-18(3)27-25(31)21(7-2)28(16-19-11-9-8-10-12-19)24(30)17-29(35(5,32)33)22-15-20(26)13-14-23(22)34-4/h8-15,18,21H,6-7,16-17H2,1-5H3,(H,27,31)/t18-,21-/m0/s1. The van der Waals surface area contributed by atoms with Crippen molar-refractivity contribution in [2.75, 3.05) is 24.2 Å². The van der Waals surface area contributed by atoms with Gasteiger partial charge in [0.25, 0.3) is 0 Å². The third kappa shape index (κ3) is 7.86. The van der Waals surface area contributed by atoms with Gasteiger partial charge in [0.2, 0.25) is 21.8 Å². The lowest BCUT2D eigenvalue weighted by Gasteiger charge is -2.33. The molecule has 35 heavy (non-hydrogen) atoms. The fraction of sp³-hybridized carbons (Fsp3) is 0.440. The SMILES string of the molecule is CC[C@H](C)NC(=O)[C@H](CC)N(Cc1ccccc1)C(=O)CN(c1cc(Cl)ccc1OC)S(C)(=O)=O. The van der Waals surface area contributed by atoms with Gasteiger partial charge in [0.1, 0.15) is 18.3 Å². The second kappa shape index (κ2) is 12.8. The Balaban J connectivity index is 2.48. The molecule has 0 heterocycles. The van der Waals surface area contributed by atoms with E-state index in [2.05, 4.69) is 5.32 Å². The minimum atomic E-state index is -3.90. The maximum absolute atomic E-state index is 13.7. The maximum Gasteiger partial charge on any atom is 0.244 e. The highest BCUT2D eigenvalue weighted by atomic mass is 35.5. The van der Waals surface area contributed by atoms with Crippen LogP contribution in [0.5, 0.6) is 5.75 Å². The zero-order valence-electron chi connectivity index (χ0n) is 20.8.